The summed E-state index contributed by atoms with van der Waals surface area (Å²) in [6, 6.07) is 0. The Hall–Kier alpha value is -0.610. The van der Waals surface area contributed by atoms with E-state index in [9.17, 15) is 4.79 Å². The van der Waals surface area contributed by atoms with Crippen molar-refractivity contribution in [2.75, 3.05) is 13.2 Å². The minimum atomic E-state index is -0.941. The van der Waals surface area contributed by atoms with Crippen molar-refractivity contribution in [1.29, 1.82) is 0 Å². The maximum Gasteiger partial charge on any atom is 0.325 e. The van der Waals surface area contributed by atoms with Crippen LogP contribution in [0.25, 0.3) is 0 Å². The second-order valence-electron chi connectivity index (χ2n) is 6.62. The lowest BCUT2D eigenvalue weighted by Crippen LogP contribution is -2.47. The summed E-state index contributed by atoms with van der Waals surface area (Å²) in [5.41, 5.74) is 5.46. The van der Waals surface area contributed by atoms with E-state index >= 15 is 0 Å². The number of carbonyl (C=O) groups excluding carboxylic acids is 1. The van der Waals surface area contributed by atoms with E-state index in [0.717, 1.165) is 12.8 Å². The standard InChI is InChI=1S/C15H29NO3/c1-5-18-13(17)15(4,16)10-11-19-12-6-8-14(2,3)9-7-12/h12H,5-11,16H2,1-4H3. The van der Waals surface area contributed by atoms with E-state index in [1.807, 2.05) is 0 Å². The number of esters is 1. The van der Waals surface area contributed by atoms with Gasteiger partial charge in [-0.2, -0.15) is 0 Å². The first kappa shape index (κ1) is 16.4. The van der Waals surface area contributed by atoms with Gasteiger partial charge in [0.15, 0.2) is 0 Å². The van der Waals surface area contributed by atoms with Crippen LogP contribution in [0.15, 0.2) is 0 Å². The van der Waals surface area contributed by atoms with Crippen molar-refractivity contribution < 1.29 is 14.3 Å². The van der Waals surface area contributed by atoms with Gasteiger partial charge >= 0.3 is 5.97 Å². The van der Waals surface area contributed by atoms with Gasteiger partial charge in [-0.05, 0) is 51.4 Å². The molecular formula is C15H29NO3. The Kier molecular flexibility index (Phi) is 5.81. The predicted molar refractivity (Wildman–Crippen MR) is 75.8 cm³/mol. The first-order valence-electron chi connectivity index (χ1n) is 7.34. The lowest BCUT2D eigenvalue weighted by Gasteiger charge is -2.34. The molecule has 0 bridgehead atoms. The van der Waals surface area contributed by atoms with Crippen LogP contribution < -0.4 is 5.73 Å². The minimum Gasteiger partial charge on any atom is -0.465 e. The molecule has 4 heteroatoms. The molecule has 2 N–H and O–H groups in total. The fourth-order valence-electron chi connectivity index (χ4n) is 2.38. The van der Waals surface area contributed by atoms with Crippen molar-refractivity contribution in [3.63, 3.8) is 0 Å². The maximum absolute atomic E-state index is 11.6. The van der Waals surface area contributed by atoms with Crippen molar-refractivity contribution in [3.8, 4) is 0 Å². The second kappa shape index (κ2) is 6.71. The first-order valence-corrected chi connectivity index (χ1v) is 7.34. The van der Waals surface area contributed by atoms with Crippen LogP contribution in [0.2, 0.25) is 0 Å². The van der Waals surface area contributed by atoms with Crippen LogP contribution in [0, 0.1) is 5.41 Å². The van der Waals surface area contributed by atoms with Crippen LogP contribution in [-0.2, 0) is 14.3 Å². The molecule has 1 saturated carbocycles. The zero-order chi connectivity index (χ0) is 14.5. The zero-order valence-electron chi connectivity index (χ0n) is 12.8. The van der Waals surface area contributed by atoms with Gasteiger partial charge in [-0.3, -0.25) is 4.79 Å². The molecule has 1 aliphatic carbocycles. The van der Waals surface area contributed by atoms with Crippen LogP contribution in [0.4, 0.5) is 0 Å². The third-order valence-corrected chi connectivity index (χ3v) is 4.00. The molecule has 0 aromatic carbocycles. The lowest BCUT2D eigenvalue weighted by atomic mass is 9.76. The average molecular weight is 271 g/mol. The number of ether oxygens (including phenoxy) is 2. The monoisotopic (exact) mass is 271 g/mol. The number of hydrogen-bond acceptors (Lipinski definition) is 4. The molecule has 0 spiro atoms. The van der Waals surface area contributed by atoms with Crippen LogP contribution in [0.5, 0.6) is 0 Å². The molecule has 19 heavy (non-hydrogen) atoms. The van der Waals surface area contributed by atoms with Gasteiger partial charge in [-0.25, -0.2) is 0 Å². The van der Waals surface area contributed by atoms with E-state index in [0.29, 0.717) is 31.2 Å². The van der Waals surface area contributed by atoms with Gasteiger partial charge in [-0.15, -0.1) is 0 Å². The molecule has 1 aliphatic rings. The summed E-state index contributed by atoms with van der Waals surface area (Å²) < 4.78 is 10.8. The highest BCUT2D eigenvalue weighted by molar-refractivity contribution is 5.79. The van der Waals surface area contributed by atoms with Crippen LogP contribution in [0.3, 0.4) is 0 Å². The predicted octanol–water partition coefficient (Wildman–Crippen LogP) is 2.64. The van der Waals surface area contributed by atoms with Gasteiger partial charge in [-0.1, -0.05) is 13.8 Å². The Balaban J connectivity index is 2.25. The third kappa shape index (κ3) is 5.49. The highest BCUT2D eigenvalue weighted by Crippen LogP contribution is 2.36. The molecule has 0 aliphatic heterocycles. The zero-order valence-corrected chi connectivity index (χ0v) is 12.8. The molecular weight excluding hydrogens is 242 g/mol. The Morgan fingerprint density at radius 3 is 2.47 bits per heavy atom. The van der Waals surface area contributed by atoms with E-state index in [1.165, 1.54) is 12.8 Å². The molecule has 4 nitrogen and oxygen atoms in total. The fraction of sp³-hybridized carbons (Fsp3) is 0.933. The van der Waals surface area contributed by atoms with Crippen LogP contribution in [0.1, 0.15) is 59.8 Å². The topological polar surface area (TPSA) is 61.5 Å². The summed E-state index contributed by atoms with van der Waals surface area (Å²) in [4.78, 5) is 11.6. The third-order valence-electron chi connectivity index (χ3n) is 4.00. The normalized spacial score (nSPS) is 22.8. The quantitative estimate of drug-likeness (QED) is 0.754. The van der Waals surface area contributed by atoms with Gasteiger partial charge < -0.3 is 15.2 Å². The van der Waals surface area contributed by atoms with Gasteiger partial charge in [0, 0.05) is 6.61 Å². The highest BCUT2D eigenvalue weighted by atomic mass is 16.5. The first-order chi connectivity index (χ1) is 8.77. The Morgan fingerprint density at radius 1 is 1.37 bits per heavy atom. The molecule has 1 rings (SSSR count). The molecule has 0 amide bonds. The fourth-order valence-corrected chi connectivity index (χ4v) is 2.38. The molecule has 1 fully saturated rings. The molecule has 0 aromatic rings. The highest BCUT2D eigenvalue weighted by Gasteiger charge is 2.31. The van der Waals surface area contributed by atoms with Crippen molar-refractivity contribution in [2.24, 2.45) is 11.1 Å². The van der Waals surface area contributed by atoms with Crippen molar-refractivity contribution in [1.82, 2.24) is 0 Å². The summed E-state index contributed by atoms with van der Waals surface area (Å²) in [7, 11) is 0. The van der Waals surface area contributed by atoms with E-state index in [2.05, 4.69) is 13.8 Å². The Bertz CT molecular complexity index is 290. The van der Waals surface area contributed by atoms with E-state index < -0.39 is 5.54 Å². The van der Waals surface area contributed by atoms with Crippen molar-refractivity contribution in [2.45, 2.75) is 71.4 Å². The number of rotatable bonds is 6. The van der Waals surface area contributed by atoms with Gasteiger partial charge in [0.25, 0.3) is 0 Å². The SMILES string of the molecule is CCOC(=O)C(C)(N)CCOC1CCC(C)(C)CC1. The summed E-state index contributed by atoms with van der Waals surface area (Å²) in [6.07, 6.45) is 5.45. The summed E-state index contributed by atoms with van der Waals surface area (Å²) in [6.45, 7) is 9.00. The van der Waals surface area contributed by atoms with Gasteiger partial charge in [0.2, 0.25) is 0 Å². The molecule has 0 aromatic heterocycles. The molecule has 1 atom stereocenters. The molecule has 0 saturated heterocycles. The summed E-state index contributed by atoms with van der Waals surface area (Å²) in [5.74, 6) is -0.344. The van der Waals surface area contributed by atoms with Gasteiger partial charge in [0.1, 0.15) is 5.54 Å². The number of carbonyl (C=O) groups is 1. The van der Waals surface area contributed by atoms with E-state index in [1.54, 1.807) is 13.8 Å². The van der Waals surface area contributed by atoms with E-state index in [-0.39, 0.29) is 5.97 Å². The van der Waals surface area contributed by atoms with Crippen molar-refractivity contribution in [3.05, 3.63) is 0 Å². The average Bonchev–Trinajstić information content (AvgIpc) is 2.31. The molecule has 1 unspecified atom stereocenters. The number of nitrogens with two attached hydrogens (primary N) is 1. The van der Waals surface area contributed by atoms with Crippen molar-refractivity contribution >= 4 is 5.97 Å². The van der Waals surface area contributed by atoms with Crippen LogP contribution >= 0.6 is 0 Å². The maximum atomic E-state index is 11.6. The molecule has 0 heterocycles. The van der Waals surface area contributed by atoms with E-state index in [4.69, 9.17) is 15.2 Å². The second-order valence-corrected chi connectivity index (χ2v) is 6.62. The number of hydrogen-bond donors (Lipinski definition) is 1. The summed E-state index contributed by atoms with van der Waals surface area (Å²) in [5, 5.41) is 0. The largest absolute Gasteiger partial charge is 0.465 e. The van der Waals surface area contributed by atoms with Gasteiger partial charge in [0.05, 0.1) is 12.7 Å². The molecule has 112 valence electrons. The Morgan fingerprint density at radius 2 is 1.95 bits per heavy atom. The Labute approximate surface area is 117 Å². The smallest absolute Gasteiger partial charge is 0.325 e. The molecule has 0 radical (unpaired) electrons. The summed E-state index contributed by atoms with van der Waals surface area (Å²) >= 11 is 0. The minimum absolute atomic E-state index is 0.325. The lowest BCUT2D eigenvalue weighted by molar-refractivity contribution is -0.150. The van der Waals surface area contributed by atoms with Crippen LogP contribution in [-0.4, -0.2) is 30.8 Å².